The molecule has 1 N–H and O–H groups in total. The third-order valence-electron chi connectivity index (χ3n) is 4.21. The van der Waals surface area contributed by atoms with E-state index in [2.05, 4.69) is 0 Å². The number of hydrogen-bond acceptors (Lipinski definition) is 5. The summed E-state index contributed by atoms with van der Waals surface area (Å²) in [5.41, 5.74) is 0.517. The van der Waals surface area contributed by atoms with Gasteiger partial charge in [0.2, 0.25) is 23.1 Å². The smallest absolute Gasteiger partial charge is 0.228 e. The number of ketones is 2. The van der Waals surface area contributed by atoms with Crippen molar-refractivity contribution in [1.29, 1.82) is 0 Å². The van der Waals surface area contributed by atoms with E-state index >= 15 is 0 Å². The van der Waals surface area contributed by atoms with E-state index in [1.165, 1.54) is 14.0 Å². The van der Waals surface area contributed by atoms with Crippen molar-refractivity contribution in [3.05, 3.63) is 22.7 Å². The van der Waals surface area contributed by atoms with Crippen molar-refractivity contribution in [2.75, 3.05) is 20.7 Å². The molecule has 0 radical (unpaired) electrons. The highest BCUT2D eigenvalue weighted by atomic mass is 16.5. The minimum Gasteiger partial charge on any atom is -0.489 e. The minimum absolute atomic E-state index is 0.133. The maximum absolute atomic E-state index is 12.7. The number of rotatable bonds is 12. The van der Waals surface area contributed by atoms with Crippen LogP contribution in [0.1, 0.15) is 71.6 Å². The first kappa shape index (κ1) is 13.6. The van der Waals surface area contributed by atoms with Gasteiger partial charge in [-0.25, -0.2) is 0 Å². The molecule has 1 rings (SSSR count). The molecule has 136 valence electrons. The number of ether oxygens (including phenoxy) is 2. The third-order valence-corrected chi connectivity index (χ3v) is 4.21. The van der Waals surface area contributed by atoms with E-state index in [1.54, 1.807) is 0 Å². The van der Waals surface area contributed by atoms with Crippen molar-refractivity contribution in [1.82, 2.24) is 0 Å². The molecule has 0 aromatic carbocycles. The van der Waals surface area contributed by atoms with E-state index in [4.69, 9.17) is 21.4 Å². The third kappa shape index (κ3) is 5.48. The summed E-state index contributed by atoms with van der Waals surface area (Å²) in [6.45, 7) is -0.574. The van der Waals surface area contributed by atoms with E-state index in [9.17, 15) is 9.59 Å². The number of unbranched alkanes of at least 4 members (excludes halogenated alkanes) is 6. The van der Waals surface area contributed by atoms with Crippen molar-refractivity contribution in [3.8, 4) is 0 Å². The number of allylic oxidation sites excluding steroid dienone is 2. The first-order valence-corrected chi connectivity index (χ1v) is 8.36. The summed E-state index contributed by atoms with van der Waals surface area (Å²) in [5.74, 6) is -2.08. The average Bonchev–Trinajstić information content (AvgIpc) is 2.59. The SMILES string of the molecule is [2H]C([2H])(O)CCCCCCCCCC1=C(C)C(=O)C(OC)=C(OC([2H])([2H])[2H])C1=O. The molecule has 0 fully saturated rings. The molecular weight excluding hydrogens is 308 g/mol. The van der Waals surface area contributed by atoms with Gasteiger partial charge in [-0.1, -0.05) is 38.5 Å². The lowest BCUT2D eigenvalue weighted by molar-refractivity contribution is -0.121. The van der Waals surface area contributed by atoms with Crippen molar-refractivity contribution in [2.24, 2.45) is 0 Å². The van der Waals surface area contributed by atoms with Gasteiger partial charge in [-0.2, -0.15) is 0 Å². The number of methoxy groups -OCH3 is 2. The van der Waals surface area contributed by atoms with Crippen LogP contribution >= 0.6 is 0 Å². The van der Waals surface area contributed by atoms with E-state index < -0.39 is 30.9 Å². The second kappa shape index (κ2) is 11.0. The quantitative estimate of drug-likeness (QED) is 0.434. The highest BCUT2D eigenvalue weighted by Gasteiger charge is 2.34. The van der Waals surface area contributed by atoms with Crippen LogP contribution in [-0.4, -0.2) is 37.4 Å². The molecule has 0 aromatic rings. The first-order chi connectivity index (χ1) is 13.4. The van der Waals surface area contributed by atoms with Gasteiger partial charge in [-0.3, -0.25) is 9.59 Å². The standard InChI is InChI=1S/C19H30O5/c1-14-15(12-10-8-6-4-5-7-9-11-13-20)17(22)19(24-3)18(23-2)16(14)21/h20H,4-13H2,1-3H3/i3D3,13D2. The number of aliphatic hydroxyl groups is 1. The van der Waals surface area contributed by atoms with E-state index in [-0.39, 0.29) is 23.3 Å². The maximum atomic E-state index is 12.7. The molecule has 0 heterocycles. The normalized spacial score (nSPS) is 19.5. The lowest BCUT2D eigenvalue weighted by atomic mass is 9.89. The van der Waals surface area contributed by atoms with Crippen LogP contribution in [0.4, 0.5) is 0 Å². The molecule has 0 saturated carbocycles. The molecule has 0 unspecified atom stereocenters. The van der Waals surface area contributed by atoms with Crippen LogP contribution in [0.3, 0.4) is 0 Å². The fourth-order valence-corrected chi connectivity index (χ4v) is 2.79. The Morgan fingerprint density at radius 1 is 0.917 bits per heavy atom. The van der Waals surface area contributed by atoms with E-state index in [1.807, 2.05) is 0 Å². The number of carbonyl (C=O) groups excluding carboxylic acids is 2. The minimum atomic E-state index is -2.86. The predicted octanol–water partition coefficient (Wildman–Crippen LogP) is 3.46. The molecule has 0 atom stereocenters. The van der Waals surface area contributed by atoms with Crippen molar-refractivity contribution < 1.29 is 31.0 Å². The molecule has 0 amide bonds. The average molecular weight is 343 g/mol. The summed E-state index contributed by atoms with van der Waals surface area (Å²) in [6.07, 6.45) is 6.30. The summed E-state index contributed by atoms with van der Waals surface area (Å²) in [6, 6.07) is 0. The molecule has 0 aromatic heterocycles. The second-order valence-electron chi connectivity index (χ2n) is 5.86. The lowest BCUT2D eigenvalue weighted by Crippen LogP contribution is -2.25. The Labute approximate surface area is 151 Å². The number of Topliss-reactive ketones (excluding diaryl/α,β-unsaturated/α-hetero) is 2. The molecule has 24 heavy (non-hydrogen) atoms. The topological polar surface area (TPSA) is 72.8 Å². The van der Waals surface area contributed by atoms with Gasteiger partial charge in [-0.05, 0) is 26.2 Å². The first-order valence-electron chi connectivity index (χ1n) is 10.9. The fraction of sp³-hybridized carbons (Fsp3) is 0.684. The van der Waals surface area contributed by atoms with Gasteiger partial charge < -0.3 is 14.6 Å². The Morgan fingerprint density at radius 2 is 1.46 bits per heavy atom. The monoisotopic (exact) mass is 343 g/mol. The zero-order valence-electron chi connectivity index (χ0n) is 19.4. The van der Waals surface area contributed by atoms with Gasteiger partial charge in [0.25, 0.3) is 0 Å². The van der Waals surface area contributed by atoms with Crippen LogP contribution in [0.2, 0.25) is 0 Å². The van der Waals surface area contributed by atoms with Crippen molar-refractivity contribution in [2.45, 2.75) is 64.7 Å². The Balaban J connectivity index is 2.50. The van der Waals surface area contributed by atoms with Crippen LogP contribution < -0.4 is 0 Å². The summed E-state index contributed by atoms with van der Waals surface area (Å²) in [5, 5.41) is 9.02. The molecule has 5 nitrogen and oxygen atoms in total. The summed E-state index contributed by atoms with van der Waals surface area (Å²) in [4.78, 5) is 25.1. The van der Waals surface area contributed by atoms with Crippen LogP contribution in [-0.2, 0) is 19.1 Å². The van der Waals surface area contributed by atoms with Crippen LogP contribution in [0.25, 0.3) is 0 Å². The van der Waals surface area contributed by atoms with Crippen LogP contribution in [0.15, 0.2) is 22.7 Å². The zero-order valence-corrected chi connectivity index (χ0v) is 14.4. The van der Waals surface area contributed by atoms with Crippen molar-refractivity contribution in [3.63, 3.8) is 0 Å². The Morgan fingerprint density at radius 3 is 2.00 bits per heavy atom. The Kier molecular flexibility index (Phi) is 6.27. The van der Waals surface area contributed by atoms with Gasteiger partial charge in [-0.15, -0.1) is 0 Å². The van der Waals surface area contributed by atoms with Crippen LogP contribution in [0.5, 0.6) is 0 Å². The predicted molar refractivity (Wildman–Crippen MR) is 92.4 cm³/mol. The van der Waals surface area contributed by atoms with Gasteiger partial charge in [0.1, 0.15) is 0 Å². The summed E-state index contributed by atoms with van der Waals surface area (Å²) < 4.78 is 45.4. The second-order valence-corrected chi connectivity index (χ2v) is 5.86. The highest BCUT2D eigenvalue weighted by molar-refractivity contribution is 6.23. The number of carbonyl (C=O) groups is 2. The molecule has 0 saturated heterocycles. The summed E-state index contributed by atoms with van der Waals surface area (Å²) in [7, 11) is -1.67. The Hall–Kier alpha value is -1.62. The molecule has 0 spiro atoms. The van der Waals surface area contributed by atoms with Gasteiger partial charge in [0, 0.05) is 17.7 Å². The zero-order chi connectivity index (χ0) is 22.2. The van der Waals surface area contributed by atoms with Gasteiger partial charge >= 0.3 is 0 Å². The van der Waals surface area contributed by atoms with E-state index in [0.29, 0.717) is 19.3 Å². The maximum Gasteiger partial charge on any atom is 0.228 e. The van der Waals surface area contributed by atoms with Gasteiger partial charge in [0.05, 0.1) is 21.0 Å². The fourth-order valence-electron chi connectivity index (χ4n) is 2.79. The van der Waals surface area contributed by atoms with Gasteiger partial charge in [0.15, 0.2) is 0 Å². The van der Waals surface area contributed by atoms with E-state index in [0.717, 1.165) is 32.1 Å². The molecule has 1 aliphatic rings. The molecule has 0 aliphatic heterocycles. The lowest BCUT2D eigenvalue weighted by Gasteiger charge is -2.20. The Bertz CT molecular complexity index is 659. The molecule has 1 aliphatic carbocycles. The molecular formula is C19H30O5. The van der Waals surface area contributed by atoms with Crippen molar-refractivity contribution >= 4 is 11.6 Å². The molecule has 5 heteroatoms. The van der Waals surface area contributed by atoms with Crippen LogP contribution in [0, 0.1) is 0 Å². The largest absolute Gasteiger partial charge is 0.489 e. The molecule has 0 bridgehead atoms. The number of hydrogen-bond donors (Lipinski definition) is 1. The highest BCUT2D eigenvalue weighted by Crippen LogP contribution is 2.28. The summed E-state index contributed by atoms with van der Waals surface area (Å²) >= 11 is 0.